The fraction of sp³-hybridized carbons (Fsp3) is 0.111. The fourth-order valence-electron chi connectivity index (χ4n) is 1.26. The zero-order chi connectivity index (χ0) is 14.0. The number of hydrogen-bond donors (Lipinski definition) is 1. The molecule has 1 aromatic heterocycles. The monoisotopic (exact) mass is 282 g/mol. The van der Waals surface area contributed by atoms with Gasteiger partial charge in [-0.25, -0.2) is 17.5 Å². The van der Waals surface area contributed by atoms with Gasteiger partial charge in [-0.2, -0.15) is 10.1 Å². The van der Waals surface area contributed by atoms with Gasteiger partial charge in [-0.3, -0.25) is 0 Å². The van der Waals surface area contributed by atoms with Crippen molar-refractivity contribution in [2.24, 2.45) is 7.05 Å². The van der Waals surface area contributed by atoms with Gasteiger partial charge >= 0.3 is 0 Å². The molecule has 2 aromatic rings. The maximum atomic E-state index is 13.1. The highest BCUT2D eigenvalue weighted by Crippen LogP contribution is 2.16. The summed E-state index contributed by atoms with van der Waals surface area (Å²) in [7, 11) is -2.53. The molecule has 98 valence electrons. The molecule has 0 aliphatic carbocycles. The average Bonchev–Trinajstić information content (AvgIpc) is 2.74. The molecule has 0 unspecified atom stereocenters. The van der Waals surface area contributed by atoms with Crippen LogP contribution in [0.5, 0.6) is 0 Å². The Kier molecular flexibility index (Phi) is 3.14. The lowest BCUT2D eigenvalue weighted by atomic mass is 10.2. The number of rotatable bonds is 3. The van der Waals surface area contributed by atoms with Gasteiger partial charge in [0.15, 0.2) is 0 Å². The Morgan fingerprint density at radius 3 is 2.79 bits per heavy atom. The van der Waals surface area contributed by atoms with Gasteiger partial charge in [-0.1, -0.05) is 5.10 Å². The Morgan fingerprint density at radius 2 is 2.21 bits per heavy atom. The molecule has 0 atom stereocenters. The van der Waals surface area contributed by atoms with Crippen molar-refractivity contribution in [3.8, 4) is 6.07 Å². The third-order valence-electron chi connectivity index (χ3n) is 2.10. The minimum atomic E-state index is -4.00. The van der Waals surface area contributed by atoms with E-state index >= 15 is 0 Å². The van der Waals surface area contributed by atoms with Gasteiger partial charge in [-0.15, -0.1) is 5.10 Å². The second-order valence-electron chi connectivity index (χ2n) is 3.46. The minimum Gasteiger partial charge on any atom is -0.245 e. The van der Waals surface area contributed by atoms with Crippen LogP contribution in [0.3, 0.4) is 0 Å². The smallest absolute Gasteiger partial charge is 0.245 e. The summed E-state index contributed by atoms with van der Waals surface area (Å²) < 4.78 is 39.0. The molecule has 0 fully saturated rings. The van der Waals surface area contributed by atoms with Crippen molar-refractivity contribution in [3.05, 3.63) is 29.6 Å². The van der Waals surface area contributed by atoms with E-state index in [9.17, 15) is 12.8 Å². The molecule has 19 heavy (non-hydrogen) atoms. The van der Waals surface area contributed by atoms with E-state index in [1.807, 2.05) is 0 Å². The molecule has 1 heterocycles. The van der Waals surface area contributed by atoms with Crippen molar-refractivity contribution in [1.29, 1.82) is 5.26 Å². The molecule has 0 spiro atoms. The van der Waals surface area contributed by atoms with Gasteiger partial charge in [-0.05, 0) is 23.4 Å². The van der Waals surface area contributed by atoms with Crippen LogP contribution in [0.4, 0.5) is 10.3 Å². The number of aromatic nitrogens is 4. The van der Waals surface area contributed by atoms with E-state index in [1.54, 1.807) is 6.07 Å². The van der Waals surface area contributed by atoms with E-state index < -0.39 is 15.8 Å². The van der Waals surface area contributed by atoms with E-state index in [0.717, 1.165) is 23.0 Å². The van der Waals surface area contributed by atoms with E-state index in [1.165, 1.54) is 7.05 Å². The van der Waals surface area contributed by atoms with E-state index in [0.29, 0.717) is 0 Å². The quantitative estimate of drug-likeness (QED) is 0.849. The first-order valence-electron chi connectivity index (χ1n) is 4.89. The summed E-state index contributed by atoms with van der Waals surface area (Å²) in [5.41, 5.74) is -0.366. The lowest BCUT2D eigenvalue weighted by Crippen LogP contribution is -2.14. The summed E-state index contributed by atoms with van der Waals surface area (Å²) in [6.45, 7) is 0. The molecule has 0 saturated carbocycles. The predicted molar refractivity (Wildman–Crippen MR) is 60.7 cm³/mol. The van der Waals surface area contributed by atoms with Crippen LogP contribution in [0.1, 0.15) is 5.56 Å². The molecule has 0 amide bonds. The van der Waals surface area contributed by atoms with Crippen molar-refractivity contribution >= 4 is 16.0 Å². The average molecular weight is 282 g/mol. The largest absolute Gasteiger partial charge is 0.277 e. The van der Waals surface area contributed by atoms with Crippen molar-refractivity contribution in [2.45, 2.75) is 4.90 Å². The molecule has 0 bridgehead atoms. The van der Waals surface area contributed by atoms with Gasteiger partial charge in [0.2, 0.25) is 0 Å². The Morgan fingerprint density at radius 1 is 1.47 bits per heavy atom. The van der Waals surface area contributed by atoms with Crippen molar-refractivity contribution in [2.75, 3.05) is 4.72 Å². The number of sulfonamides is 1. The Labute approximate surface area is 107 Å². The number of hydrogen-bond acceptors (Lipinski definition) is 6. The van der Waals surface area contributed by atoms with Crippen LogP contribution in [-0.4, -0.2) is 28.6 Å². The number of nitrogens with zero attached hydrogens (tertiary/aromatic N) is 5. The highest BCUT2D eigenvalue weighted by Gasteiger charge is 2.18. The first-order chi connectivity index (χ1) is 8.92. The molecule has 0 aliphatic rings. The molecule has 1 N–H and O–H groups in total. The van der Waals surface area contributed by atoms with E-state index in [2.05, 4.69) is 20.1 Å². The zero-order valence-electron chi connectivity index (χ0n) is 9.57. The molecule has 10 heteroatoms. The van der Waals surface area contributed by atoms with Crippen LogP contribution < -0.4 is 4.72 Å². The van der Waals surface area contributed by atoms with Crippen LogP contribution in [0.25, 0.3) is 0 Å². The number of anilines is 1. The maximum Gasteiger partial charge on any atom is 0.277 e. The summed E-state index contributed by atoms with van der Waals surface area (Å²) in [5, 5.41) is 19.2. The molecular weight excluding hydrogens is 275 g/mol. The van der Waals surface area contributed by atoms with Gasteiger partial charge in [0, 0.05) is 0 Å². The first kappa shape index (κ1) is 12.9. The second kappa shape index (κ2) is 4.62. The summed E-state index contributed by atoms with van der Waals surface area (Å²) in [4.78, 5) is 0.807. The van der Waals surface area contributed by atoms with Gasteiger partial charge < -0.3 is 0 Å². The van der Waals surface area contributed by atoms with Crippen molar-refractivity contribution < 1.29 is 12.8 Å². The van der Waals surface area contributed by atoms with Crippen LogP contribution in [0, 0.1) is 17.1 Å². The molecule has 0 aliphatic heterocycles. The van der Waals surface area contributed by atoms with Gasteiger partial charge in [0.25, 0.3) is 16.0 Å². The van der Waals surface area contributed by atoms with Gasteiger partial charge in [0.1, 0.15) is 11.9 Å². The fourth-order valence-corrected chi connectivity index (χ4v) is 2.22. The van der Waals surface area contributed by atoms with Gasteiger partial charge in [0.05, 0.1) is 17.5 Å². The number of tetrazole rings is 1. The summed E-state index contributed by atoms with van der Waals surface area (Å²) in [5.74, 6) is -1.01. The standard InChI is InChI=1S/C9H7FN6O2S/c1-16-13-9(12-15-16)14-19(17,18)7-2-3-8(10)6(4-7)5-11/h2-4H,1H3,(H,13,14). The van der Waals surface area contributed by atoms with Crippen molar-refractivity contribution in [1.82, 2.24) is 20.2 Å². The summed E-state index contributed by atoms with van der Waals surface area (Å²) in [6, 6.07) is 4.42. The molecule has 0 radical (unpaired) electrons. The van der Waals surface area contributed by atoms with Crippen LogP contribution in [-0.2, 0) is 17.1 Å². The second-order valence-corrected chi connectivity index (χ2v) is 5.14. The Hall–Kier alpha value is -2.54. The zero-order valence-corrected chi connectivity index (χ0v) is 10.4. The number of aryl methyl sites for hydroxylation is 1. The predicted octanol–water partition coefficient (Wildman–Crippen LogP) is 0.0217. The van der Waals surface area contributed by atoms with E-state index in [-0.39, 0.29) is 16.4 Å². The van der Waals surface area contributed by atoms with Crippen LogP contribution >= 0.6 is 0 Å². The third kappa shape index (κ3) is 2.66. The Bertz CT molecular complexity index is 763. The van der Waals surface area contributed by atoms with Crippen LogP contribution in [0.2, 0.25) is 0 Å². The number of nitriles is 1. The summed E-state index contributed by atoms with van der Waals surface area (Å²) in [6.07, 6.45) is 0. The maximum absolute atomic E-state index is 13.1. The molecule has 2 rings (SSSR count). The molecule has 0 saturated heterocycles. The first-order valence-corrected chi connectivity index (χ1v) is 6.37. The molecular formula is C9H7FN6O2S. The molecule has 8 nitrogen and oxygen atoms in total. The third-order valence-corrected chi connectivity index (χ3v) is 3.43. The Balaban J connectivity index is 2.37. The normalized spacial score (nSPS) is 11.0. The van der Waals surface area contributed by atoms with Crippen LogP contribution in [0.15, 0.2) is 23.1 Å². The number of benzene rings is 1. The number of nitrogens with one attached hydrogen (secondary N) is 1. The minimum absolute atomic E-state index is 0.217. The molecule has 1 aromatic carbocycles. The SMILES string of the molecule is Cn1nnc(NS(=O)(=O)c2ccc(F)c(C#N)c2)n1. The lowest BCUT2D eigenvalue weighted by molar-refractivity contribution is 0.598. The lowest BCUT2D eigenvalue weighted by Gasteiger charge is -2.04. The van der Waals surface area contributed by atoms with E-state index in [4.69, 9.17) is 5.26 Å². The van der Waals surface area contributed by atoms with Crippen molar-refractivity contribution in [3.63, 3.8) is 0 Å². The summed E-state index contributed by atoms with van der Waals surface area (Å²) >= 11 is 0. The topological polar surface area (TPSA) is 114 Å². The highest BCUT2D eigenvalue weighted by atomic mass is 32.2. The number of halogens is 1. The highest BCUT2D eigenvalue weighted by molar-refractivity contribution is 7.92.